The molecule has 1 aliphatic rings. The maximum absolute atomic E-state index is 12.2. The molecule has 0 saturated carbocycles. The van der Waals surface area contributed by atoms with E-state index in [4.69, 9.17) is 0 Å². The first-order valence-corrected chi connectivity index (χ1v) is 7.41. The van der Waals surface area contributed by atoms with Crippen LogP contribution in [0.25, 0.3) is 0 Å². The number of carbonyl (C=O) groups excluding carboxylic acids is 1. The topological polar surface area (TPSA) is 20.3 Å². The predicted octanol–water partition coefficient (Wildman–Crippen LogP) is 3.50. The number of aryl methyl sites for hydroxylation is 2. The van der Waals surface area contributed by atoms with Gasteiger partial charge < -0.3 is 4.90 Å². The van der Waals surface area contributed by atoms with Crippen LogP contribution in [0.4, 0.5) is 0 Å². The first-order chi connectivity index (χ1) is 8.22. The molecule has 94 valence electrons. The Labute approximate surface area is 108 Å². The number of nitrogens with zero attached hydrogens (tertiary/aromatic N) is 1. The van der Waals surface area contributed by atoms with Crippen LogP contribution in [0.15, 0.2) is 6.07 Å². The van der Waals surface area contributed by atoms with Crippen LogP contribution >= 0.6 is 11.3 Å². The molecule has 0 aliphatic heterocycles. The van der Waals surface area contributed by atoms with Gasteiger partial charge in [0.05, 0.1) is 4.88 Å². The summed E-state index contributed by atoms with van der Waals surface area (Å²) in [7, 11) is 1.91. The molecule has 0 fully saturated rings. The fourth-order valence-corrected chi connectivity index (χ4v) is 3.53. The van der Waals surface area contributed by atoms with Crippen LogP contribution in [-0.2, 0) is 12.8 Å². The van der Waals surface area contributed by atoms with E-state index in [1.54, 1.807) is 11.3 Å². The highest BCUT2D eigenvalue weighted by molar-refractivity contribution is 7.14. The van der Waals surface area contributed by atoms with Crippen LogP contribution in [-0.4, -0.2) is 24.4 Å². The second-order valence-corrected chi connectivity index (χ2v) is 5.98. The molecule has 0 radical (unpaired) electrons. The second-order valence-electron chi connectivity index (χ2n) is 4.85. The molecule has 3 heteroatoms. The van der Waals surface area contributed by atoms with Crippen molar-refractivity contribution in [1.82, 2.24) is 4.90 Å². The van der Waals surface area contributed by atoms with Gasteiger partial charge in [-0.2, -0.15) is 0 Å². The molecule has 17 heavy (non-hydrogen) atoms. The van der Waals surface area contributed by atoms with Crippen LogP contribution in [0.2, 0.25) is 0 Å². The minimum Gasteiger partial charge on any atom is -0.341 e. The third-order valence-electron chi connectivity index (χ3n) is 3.40. The van der Waals surface area contributed by atoms with Gasteiger partial charge in [0.25, 0.3) is 5.91 Å². The van der Waals surface area contributed by atoms with E-state index in [-0.39, 0.29) is 5.91 Å². The molecule has 1 aromatic rings. The summed E-state index contributed by atoms with van der Waals surface area (Å²) in [6, 6.07) is 2.13. The molecular weight excluding hydrogens is 230 g/mol. The lowest BCUT2D eigenvalue weighted by Gasteiger charge is -2.15. The van der Waals surface area contributed by atoms with E-state index in [9.17, 15) is 4.79 Å². The van der Waals surface area contributed by atoms with Gasteiger partial charge in [-0.3, -0.25) is 4.79 Å². The Morgan fingerprint density at radius 1 is 1.41 bits per heavy atom. The molecule has 1 aliphatic carbocycles. The van der Waals surface area contributed by atoms with Gasteiger partial charge >= 0.3 is 0 Å². The number of fused-ring (bicyclic) bond motifs is 1. The third-order valence-corrected chi connectivity index (χ3v) is 4.63. The van der Waals surface area contributed by atoms with E-state index in [0.29, 0.717) is 0 Å². The fraction of sp³-hybridized carbons (Fsp3) is 0.643. The molecule has 1 aromatic heterocycles. The minimum absolute atomic E-state index is 0.206. The maximum Gasteiger partial charge on any atom is 0.263 e. The molecule has 2 rings (SSSR count). The van der Waals surface area contributed by atoms with Crippen molar-refractivity contribution >= 4 is 17.2 Å². The summed E-state index contributed by atoms with van der Waals surface area (Å²) in [5, 5.41) is 0. The SMILES string of the molecule is CCCCN(C)C(=O)c1cc2c(s1)CCCC2. The molecule has 1 amide bonds. The van der Waals surface area contributed by atoms with Crippen molar-refractivity contribution in [3.63, 3.8) is 0 Å². The first kappa shape index (κ1) is 12.6. The van der Waals surface area contributed by atoms with Crippen molar-refractivity contribution in [2.24, 2.45) is 0 Å². The van der Waals surface area contributed by atoms with E-state index in [1.807, 2.05) is 11.9 Å². The summed E-state index contributed by atoms with van der Waals surface area (Å²) in [6.45, 7) is 3.03. The average molecular weight is 251 g/mol. The summed E-state index contributed by atoms with van der Waals surface area (Å²) < 4.78 is 0. The normalized spacial score (nSPS) is 14.5. The molecule has 0 spiro atoms. The zero-order valence-electron chi connectivity index (χ0n) is 10.8. The largest absolute Gasteiger partial charge is 0.341 e. The maximum atomic E-state index is 12.2. The van der Waals surface area contributed by atoms with E-state index in [1.165, 1.54) is 29.7 Å². The van der Waals surface area contributed by atoms with Crippen LogP contribution in [0.1, 0.15) is 52.7 Å². The van der Waals surface area contributed by atoms with Gasteiger partial charge in [0.2, 0.25) is 0 Å². The zero-order chi connectivity index (χ0) is 12.3. The standard InChI is InChI=1S/C14H21NOS/c1-3-4-9-15(2)14(16)13-10-11-7-5-6-8-12(11)17-13/h10H,3-9H2,1-2H3. The van der Waals surface area contributed by atoms with E-state index in [0.717, 1.165) is 30.7 Å². The number of unbranched alkanes of at least 4 members (excludes halogenated alkanes) is 1. The molecular formula is C14H21NOS. The smallest absolute Gasteiger partial charge is 0.263 e. The number of rotatable bonds is 4. The summed E-state index contributed by atoms with van der Waals surface area (Å²) in [5.74, 6) is 0.206. The van der Waals surface area contributed by atoms with Gasteiger partial charge in [0, 0.05) is 18.5 Å². The Morgan fingerprint density at radius 3 is 2.88 bits per heavy atom. The average Bonchev–Trinajstić information content (AvgIpc) is 2.78. The van der Waals surface area contributed by atoms with Crippen molar-refractivity contribution in [3.05, 3.63) is 21.4 Å². The highest BCUT2D eigenvalue weighted by Gasteiger charge is 2.19. The Balaban J connectivity index is 2.06. The zero-order valence-corrected chi connectivity index (χ0v) is 11.6. The molecule has 2 nitrogen and oxygen atoms in total. The van der Waals surface area contributed by atoms with Gasteiger partial charge in [-0.1, -0.05) is 13.3 Å². The van der Waals surface area contributed by atoms with E-state index >= 15 is 0 Å². The number of carbonyl (C=O) groups is 1. The summed E-state index contributed by atoms with van der Waals surface area (Å²) in [6.07, 6.45) is 7.13. The highest BCUT2D eigenvalue weighted by atomic mass is 32.1. The molecule has 0 saturated heterocycles. The molecule has 1 heterocycles. The van der Waals surface area contributed by atoms with Gasteiger partial charge in [-0.05, 0) is 43.7 Å². The number of thiophene rings is 1. The molecule has 0 bridgehead atoms. The predicted molar refractivity (Wildman–Crippen MR) is 72.8 cm³/mol. The van der Waals surface area contributed by atoms with Crippen LogP contribution < -0.4 is 0 Å². The first-order valence-electron chi connectivity index (χ1n) is 6.59. The Kier molecular flexibility index (Phi) is 4.21. The van der Waals surface area contributed by atoms with Crippen molar-refractivity contribution < 1.29 is 4.79 Å². The summed E-state index contributed by atoms with van der Waals surface area (Å²) in [5.41, 5.74) is 1.42. The monoisotopic (exact) mass is 251 g/mol. The molecule has 0 aromatic carbocycles. The van der Waals surface area contributed by atoms with Crippen molar-refractivity contribution in [2.45, 2.75) is 45.4 Å². The number of hydrogen-bond donors (Lipinski definition) is 0. The van der Waals surface area contributed by atoms with Gasteiger partial charge in [-0.15, -0.1) is 11.3 Å². The number of amides is 1. The minimum atomic E-state index is 0.206. The molecule has 0 atom stereocenters. The summed E-state index contributed by atoms with van der Waals surface area (Å²) >= 11 is 1.71. The molecule has 0 unspecified atom stereocenters. The highest BCUT2D eigenvalue weighted by Crippen LogP contribution is 2.30. The van der Waals surface area contributed by atoms with Crippen LogP contribution in [0.5, 0.6) is 0 Å². The lowest BCUT2D eigenvalue weighted by atomic mass is 9.99. The van der Waals surface area contributed by atoms with Crippen molar-refractivity contribution in [3.8, 4) is 0 Å². The van der Waals surface area contributed by atoms with Gasteiger partial charge in [-0.25, -0.2) is 0 Å². The van der Waals surface area contributed by atoms with Crippen molar-refractivity contribution in [1.29, 1.82) is 0 Å². The second kappa shape index (κ2) is 5.67. The molecule has 0 N–H and O–H groups in total. The van der Waals surface area contributed by atoms with E-state index < -0.39 is 0 Å². The van der Waals surface area contributed by atoms with E-state index in [2.05, 4.69) is 13.0 Å². The lowest BCUT2D eigenvalue weighted by molar-refractivity contribution is 0.0798. The Bertz CT molecular complexity index is 373. The van der Waals surface area contributed by atoms with Gasteiger partial charge in [0.1, 0.15) is 0 Å². The quantitative estimate of drug-likeness (QED) is 0.802. The lowest BCUT2D eigenvalue weighted by Crippen LogP contribution is -2.26. The summed E-state index contributed by atoms with van der Waals surface area (Å²) in [4.78, 5) is 16.5. The van der Waals surface area contributed by atoms with Crippen LogP contribution in [0, 0.1) is 0 Å². The van der Waals surface area contributed by atoms with Crippen LogP contribution in [0.3, 0.4) is 0 Å². The Hall–Kier alpha value is -0.830. The fourth-order valence-electron chi connectivity index (χ4n) is 2.28. The third kappa shape index (κ3) is 2.89. The Morgan fingerprint density at radius 2 is 2.18 bits per heavy atom. The van der Waals surface area contributed by atoms with Crippen molar-refractivity contribution in [2.75, 3.05) is 13.6 Å². The van der Waals surface area contributed by atoms with Gasteiger partial charge in [0.15, 0.2) is 0 Å². The number of hydrogen-bond acceptors (Lipinski definition) is 2.